The molecule has 118 valence electrons. The van der Waals surface area contributed by atoms with Gasteiger partial charge in [-0.2, -0.15) is 0 Å². The Kier molecular flexibility index (Phi) is 3.48. The van der Waals surface area contributed by atoms with Crippen LogP contribution in [0.15, 0.2) is 48.5 Å². The predicted molar refractivity (Wildman–Crippen MR) is 83.3 cm³/mol. The Hall–Kier alpha value is -2.44. The Balaban J connectivity index is 1.51. The summed E-state index contributed by atoms with van der Waals surface area (Å²) in [6.45, 7) is 0.461. The smallest absolute Gasteiger partial charge is 0.243 e. The van der Waals surface area contributed by atoms with Crippen molar-refractivity contribution in [3.05, 3.63) is 59.9 Å². The number of halogens is 1. The molecular weight excluding hydrogens is 297 g/mol. The van der Waals surface area contributed by atoms with Crippen molar-refractivity contribution >= 4 is 11.6 Å². The van der Waals surface area contributed by atoms with E-state index in [-0.39, 0.29) is 23.7 Å². The Morgan fingerprint density at radius 1 is 1.13 bits per heavy atom. The Bertz CT molecular complexity index is 735. The molecule has 0 aliphatic carbocycles. The van der Waals surface area contributed by atoms with E-state index < -0.39 is 6.04 Å². The summed E-state index contributed by atoms with van der Waals surface area (Å²) >= 11 is 0. The van der Waals surface area contributed by atoms with E-state index in [1.807, 2.05) is 24.3 Å². The van der Waals surface area contributed by atoms with Gasteiger partial charge in [-0.3, -0.25) is 4.79 Å². The van der Waals surface area contributed by atoms with Gasteiger partial charge in [0, 0.05) is 17.2 Å². The van der Waals surface area contributed by atoms with Gasteiger partial charge in [-0.15, -0.1) is 0 Å². The van der Waals surface area contributed by atoms with Gasteiger partial charge < -0.3 is 10.1 Å². The topological polar surface area (TPSA) is 62.4 Å². The van der Waals surface area contributed by atoms with Gasteiger partial charge in [-0.1, -0.05) is 18.2 Å². The minimum Gasteiger partial charge on any atom is -0.493 e. The second-order valence-electron chi connectivity index (χ2n) is 5.75. The van der Waals surface area contributed by atoms with Crippen LogP contribution in [0.25, 0.3) is 0 Å². The molecule has 3 atom stereocenters. The molecule has 1 saturated heterocycles. The lowest BCUT2D eigenvalue weighted by Crippen LogP contribution is -2.43. The highest BCUT2D eigenvalue weighted by Gasteiger charge is 2.44. The molecular formula is C17H16FN3O2. The van der Waals surface area contributed by atoms with Crippen LogP contribution in [0, 0.1) is 11.7 Å². The first kappa shape index (κ1) is 14.2. The van der Waals surface area contributed by atoms with Crippen LogP contribution in [0.3, 0.4) is 0 Å². The molecule has 2 heterocycles. The van der Waals surface area contributed by atoms with Crippen LogP contribution in [0.2, 0.25) is 0 Å². The number of hydrazine groups is 1. The maximum atomic E-state index is 12.9. The molecule has 2 aromatic carbocycles. The van der Waals surface area contributed by atoms with Crippen LogP contribution in [-0.2, 0) is 4.79 Å². The zero-order valence-corrected chi connectivity index (χ0v) is 12.3. The first-order chi connectivity index (χ1) is 11.2. The quantitative estimate of drug-likeness (QED) is 0.793. The highest BCUT2D eigenvalue weighted by atomic mass is 19.1. The second kappa shape index (κ2) is 5.64. The molecule has 0 saturated carbocycles. The van der Waals surface area contributed by atoms with E-state index in [9.17, 15) is 9.18 Å². The van der Waals surface area contributed by atoms with E-state index in [4.69, 9.17) is 4.74 Å². The highest BCUT2D eigenvalue weighted by molar-refractivity contribution is 5.95. The molecule has 4 rings (SSSR count). The van der Waals surface area contributed by atoms with Gasteiger partial charge in [0.05, 0.1) is 12.6 Å². The van der Waals surface area contributed by atoms with Crippen molar-refractivity contribution in [3.8, 4) is 5.75 Å². The Morgan fingerprint density at radius 3 is 2.74 bits per heavy atom. The Morgan fingerprint density at radius 2 is 1.91 bits per heavy atom. The zero-order valence-electron chi connectivity index (χ0n) is 12.3. The number of hydrogen-bond donors (Lipinski definition) is 3. The van der Waals surface area contributed by atoms with E-state index in [0.29, 0.717) is 12.3 Å². The van der Waals surface area contributed by atoms with Gasteiger partial charge >= 0.3 is 0 Å². The van der Waals surface area contributed by atoms with Gasteiger partial charge in [0.25, 0.3) is 0 Å². The number of anilines is 1. The maximum Gasteiger partial charge on any atom is 0.243 e. The first-order valence-corrected chi connectivity index (χ1v) is 7.51. The number of carbonyl (C=O) groups excluding carboxylic acids is 1. The fraction of sp³-hybridized carbons (Fsp3) is 0.235. The molecule has 23 heavy (non-hydrogen) atoms. The van der Waals surface area contributed by atoms with Crippen LogP contribution in [0.4, 0.5) is 10.1 Å². The number of nitrogens with one attached hydrogen (secondary N) is 3. The van der Waals surface area contributed by atoms with Gasteiger partial charge in [0.15, 0.2) is 0 Å². The molecule has 5 nitrogen and oxygen atoms in total. The maximum absolute atomic E-state index is 12.9. The zero-order chi connectivity index (χ0) is 15.8. The number of para-hydroxylation sites is 1. The number of benzene rings is 2. The lowest BCUT2D eigenvalue weighted by molar-refractivity contribution is -0.119. The molecule has 3 N–H and O–H groups in total. The molecule has 1 amide bonds. The average Bonchev–Trinajstić information content (AvgIpc) is 3.01. The number of hydrogen-bond acceptors (Lipinski definition) is 4. The molecule has 0 aromatic heterocycles. The van der Waals surface area contributed by atoms with Gasteiger partial charge in [-0.05, 0) is 30.3 Å². The molecule has 3 unspecified atom stereocenters. The number of ether oxygens (including phenoxy) is 1. The Labute approximate surface area is 132 Å². The van der Waals surface area contributed by atoms with Crippen molar-refractivity contribution in [1.29, 1.82) is 0 Å². The lowest BCUT2D eigenvalue weighted by atomic mass is 9.87. The number of rotatable bonds is 2. The molecule has 2 aromatic rings. The minimum absolute atomic E-state index is 0.00894. The van der Waals surface area contributed by atoms with Crippen LogP contribution in [0.5, 0.6) is 5.75 Å². The molecule has 6 heteroatoms. The summed E-state index contributed by atoms with van der Waals surface area (Å²) in [5.74, 6) is 0.341. The van der Waals surface area contributed by atoms with Gasteiger partial charge in [-0.25, -0.2) is 15.2 Å². The summed E-state index contributed by atoms with van der Waals surface area (Å²) in [6.07, 6.45) is 0. The molecule has 0 bridgehead atoms. The van der Waals surface area contributed by atoms with Crippen LogP contribution in [0.1, 0.15) is 11.6 Å². The van der Waals surface area contributed by atoms with Crippen molar-refractivity contribution in [2.75, 3.05) is 11.9 Å². The molecule has 1 fully saturated rings. The summed E-state index contributed by atoms with van der Waals surface area (Å²) in [6, 6.07) is 13.2. The standard InChI is InChI=1S/C17H16FN3O2/c18-10-5-7-11(8-6-10)19-17(22)16-13-9-23-14-4-2-1-3-12(14)15(13)20-21-16/h1-8,13,15-16,20-21H,9H2,(H,19,22). The van der Waals surface area contributed by atoms with E-state index >= 15 is 0 Å². The summed E-state index contributed by atoms with van der Waals surface area (Å²) in [4.78, 5) is 12.5. The third-order valence-electron chi connectivity index (χ3n) is 4.33. The predicted octanol–water partition coefficient (Wildman–Crippen LogP) is 1.99. The van der Waals surface area contributed by atoms with E-state index in [1.165, 1.54) is 12.1 Å². The summed E-state index contributed by atoms with van der Waals surface area (Å²) in [5.41, 5.74) is 7.86. The van der Waals surface area contributed by atoms with E-state index in [2.05, 4.69) is 16.2 Å². The lowest BCUT2D eigenvalue weighted by Gasteiger charge is -2.29. The molecule has 2 aliphatic heterocycles. The van der Waals surface area contributed by atoms with Crippen molar-refractivity contribution in [2.24, 2.45) is 5.92 Å². The van der Waals surface area contributed by atoms with Crippen molar-refractivity contribution in [3.63, 3.8) is 0 Å². The number of fused-ring (bicyclic) bond motifs is 3. The number of amides is 1. The SMILES string of the molecule is O=C(Nc1ccc(F)cc1)C1NNC2c3ccccc3OCC12. The third-order valence-corrected chi connectivity index (χ3v) is 4.33. The molecule has 0 radical (unpaired) electrons. The molecule has 2 aliphatic rings. The fourth-order valence-electron chi connectivity index (χ4n) is 3.16. The minimum atomic E-state index is -0.418. The normalized spacial score (nSPS) is 25.2. The largest absolute Gasteiger partial charge is 0.493 e. The highest BCUT2D eigenvalue weighted by Crippen LogP contribution is 2.39. The summed E-state index contributed by atoms with van der Waals surface area (Å²) < 4.78 is 18.7. The average molecular weight is 313 g/mol. The van der Waals surface area contributed by atoms with Crippen molar-refractivity contribution in [2.45, 2.75) is 12.1 Å². The van der Waals surface area contributed by atoms with E-state index in [0.717, 1.165) is 11.3 Å². The number of carbonyl (C=O) groups is 1. The second-order valence-corrected chi connectivity index (χ2v) is 5.75. The monoisotopic (exact) mass is 313 g/mol. The first-order valence-electron chi connectivity index (χ1n) is 7.51. The van der Waals surface area contributed by atoms with Crippen molar-refractivity contribution in [1.82, 2.24) is 10.9 Å². The summed E-state index contributed by atoms with van der Waals surface area (Å²) in [5, 5.41) is 2.80. The van der Waals surface area contributed by atoms with Crippen LogP contribution in [-0.4, -0.2) is 18.6 Å². The van der Waals surface area contributed by atoms with Gasteiger partial charge in [0.2, 0.25) is 5.91 Å². The van der Waals surface area contributed by atoms with Gasteiger partial charge in [0.1, 0.15) is 17.6 Å². The van der Waals surface area contributed by atoms with Crippen LogP contribution < -0.4 is 20.9 Å². The summed E-state index contributed by atoms with van der Waals surface area (Å²) in [7, 11) is 0. The molecule has 0 spiro atoms. The fourth-order valence-corrected chi connectivity index (χ4v) is 3.16. The third kappa shape index (κ3) is 2.56. The van der Waals surface area contributed by atoms with E-state index in [1.54, 1.807) is 12.1 Å². The van der Waals surface area contributed by atoms with Crippen molar-refractivity contribution < 1.29 is 13.9 Å². The van der Waals surface area contributed by atoms with Crippen LogP contribution >= 0.6 is 0 Å².